The molecule has 1 fully saturated rings. The van der Waals surface area contributed by atoms with Gasteiger partial charge in [0.2, 0.25) is 5.96 Å². The van der Waals surface area contributed by atoms with E-state index in [1.807, 2.05) is 91.0 Å². The summed E-state index contributed by atoms with van der Waals surface area (Å²) in [6, 6.07) is 27.0. The molecule has 1 N–H and O–H groups in total. The van der Waals surface area contributed by atoms with Crippen LogP contribution in [0.2, 0.25) is 0 Å². The minimum absolute atomic E-state index is 0.140. The van der Waals surface area contributed by atoms with Crippen LogP contribution in [0.5, 0.6) is 5.75 Å². The monoisotopic (exact) mass is 383 g/mol. The van der Waals surface area contributed by atoms with Gasteiger partial charge < -0.3 is 10.1 Å². The molecule has 0 spiro atoms. The first-order valence-corrected chi connectivity index (χ1v) is 9.35. The number of benzene rings is 3. The van der Waals surface area contributed by atoms with Gasteiger partial charge in [0.25, 0.3) is 5.91 Å². The van der Waals surface area contributed by atoms with Crippen molar-refractivity contribution in [2.24, 2.45) is 4.99 Å². The Bertz CT molecular complexity index is 1040. The molecule has 3 aromatic rings. The van der Waals surface area contributed by atoms with Crippen molar-refractivity contribution in [1.29, 1.82) is 0 Å². The van der Waals surface area contributed by atoms with Crippen LogP contribution in [-0.2, 0) is 11.3 Å². The zero-order valence-electron chi connectivity index (χ0n) is 16.1. The summed E-state index contributed by atoms with van der Waals surface area (Å²) in [7, 11) is 1.63. The minimum Gasteiger partial charge on any atom is -0.497 e. The number of aliphatic imine (C=N–C) groups is 1. The lowest BCUT2D eigenvalue weighted by Gasteiger charge is -2.15. The molecule has 29 heavy (non-hydrogen) atoms. The zero-order chi connectivity index (χ0) is 20.1. The average Bonchev–Trinajstić information content (AvgIpc) is 3.09. The van der Waals surface area contributed by atoms with E-state index in [2.05, 4.69) is 10.3 Å². The maximum atomic E-state index is 13.1. The summed E-state index contributed by atoms with van der Waals surface area (Å²) < 4.78 is 5.20. The minimum atomic E-state index is -0.140. The number of carbonyl (C=O) groups is 1. The molecule has 0 saturated carbocycles. The molecule has 0 bridgehead atoms. The van der Waals surface area contributed by atoms with Gasteiger partial charge in [0, 0.05) is 0 Å². The highest BCUT2D eigenvalue weighted by Gasteiger charge is 2.33. The highest BCUT2D eigenvalue weighted by Crippen LogP contribution is 2.23. The second-order valence-electron chi connectivity index (χ2n) is 6.56. The first-order valence-electron chi connectivity index (χ1n) is 9.35. The van der Waals surface area contributed by atoms with Gasteiger partial charge in [-0.25, -0.2) is 9.89 Å². The van der Waals surface area contributed by atoms with Crippen LogP contribution in [0.3, 0.4) is 0 Å². The predicted octanol–water partition coefficient (Wildman–Crippen LogP) is 4.23. The van der Waals surface area contributed by atoms with E-state index in [1.165, 1.54) is 0 Å². The normalized spacial score (nSPS) is 16.3. The van der Waals surface area contributed by atoms with Crippen LogP contribution < -0.4 is 15.0 Å². The Morgan fingerprint density at radius 2 is 1.59 bits per heavy atom. The van der Waals surface area contributed by atoms with Crippen molar-refractivity contribution >= 4 is 23.6 Å². The quantitative estimate of drug-likeness (QED) is 0.671. The first-order chi connectivity index (χ1) is 14.2. The van der Waals surface area contributed by atoms with Gasteiger partial charge in [-0.05, 0) is 41.5 Å². The summed E-state index contributed by atoms with van der Waals surface area (Å²) in [4.78, 5) is 19.4. The fourth-order valence-electron chi connectivity index (χ4n) is 3.09. The number of rotatable bonds is 5. The third kappa shape index (κ3) is 4.19. The lowest BCUT2D eigenvalue weighted by atomic mass is 10.2. The van der Waals surface area contributed by atoms with E-state index in [1.54, 1.807) is 12.0 Å². The Kier molecular flexibility index (Phi) is 5.38. The summed E-state index contributed by atoms with van der Waals surface area (Å²) in [6.07, 6.45) is 1.82. The number of anilines is 1. The number of para-hydroxylation sites is 1. The van der Waals surface area contributed by atoms with E-state index < -0.39 is 0 Å². The number of ether oxygens (including phenoxy) is 1. The summed E-state index contributed by atoms with van der Waals surface area (Å²) in [5.41, 5.74) is 3.23. The summed E-state index contributed by atoms with van der Waals surface area (Å²) in [6.45, 7) is 0.482. The molecule has 144 valence electrons. The number of nitrogens with one attached hydrogen (secondary N) is 1. The van der Waals surface area contributed by atoms with Crippen molar-refractivity contribution in [2.45, 2.75) is 6.54 Å². The maximum absolute atomic E-state index is 13.1. The number of methoxy groups -OCH3 is 1. The van der Waals surface area contributed by atoms with E-state index in [0.29, 0.717) is 18.2 Å². The molecule has 1 amide bonds. The maximum Gasteiger partial charge on any atom is 0.281 e. The van der Waals surface area contributed by atoms with Gasteiger partial charge in [-0.1, -0.05) is 60.7 Å². The van der Waals surface area contributed by atoms with Gasteiger partial charge in [0.05, 0.1) is 19.3 Å². The molecular weight excluding hydrogens is 362 g/mol. The van der Waals surface area contributed by atoms with Crippen LogP contribution in [-0.4, -0.2) is 19.0 Å². The van der Waals surface area contributed by atoms with Crippen molar-refractivity contribution in [1.82, 2.24) is 5.32 Å². The summed E-state index contributed by atoms with van der Waals surface area (Å²) in [5.74, 6) is 1.15. The number of carbonyl (C=O) groups excluding carboxylic acids is 1. The number of guanidine groups is 1. The van der Waals surface area contributed by atoms with Crippen LogP contribution in [0.4, 0.5) is 5.69 Å². The molecule has 0 unspecified atom stereocenters. The molecule has 3 aromatic carbocycles. The van der Waals surface area contributed by atoms with E-state index in [-0.39, 0.29) is 5.91 Å². The van der Waals surface area contributed by atoms with Crippen LogP contribution in [0, 0.1) is 0 Å². The Morgan fingerprint density at radius 1 is 0.931 bits per heavy atom. The largest absolute Gasteiger partial charge is 0.497 e. The first kappa shape index (κ1) is 18.5. The van der Waals surface area contributed by atoms with E-state index in [9.17, 15) is 4.79 Å². The standard InChI is InChI=1S/C24H21N3O2/c1-29-21-14-12-18(13-15-21)16-22-23(28)27(20-10-6-3-7-11-20)24(26-22)25-17-19-8-4-2-5-9-19/h2-16H,17H2,1H3,(H,25,26)/b22-16-. The van der Waals surface area contributed by atoms with Gasteiger partial charge in [0.1, 0.15) is 11.4 Å². The zero-order valence-corrected chi connectivity index (χ0v) is 16.1. The fraction of sp³-hybridized carbons (Fsp3) is 0.0833. The lowest BCUT2D eigenvalue weighted by molar-refractivity contribution is -0.113. The number of nitrogens with zero attached hydrogens (tertiary/aromatic N) is 2. The molecule has 0 aliphatic carbocycles. The molecule has 0 aromatic heterocycles. The Hall–Kier alpha value is -3.86. The molecule has 1 heterocycles. The van der Waals surface area contributed by atoms with Crippen LogP contribution in [0.1, 0.15) is 11.1 Å². The van der Waals surface area contributed by atoms with Gasteiger partial charge in [-0.15, -0.1) is 0 Å². The average molecular weight is 383 g/mol. The second-order valence-corrected chi connectivity index (χ2v) is 6.56. The van der Waals surface area contributed by atoms with Gasteiger partial charge >= 0.3 is 0 Å². The smallest absolute Gasteiger partial charge is 0.281 e. The van der Waals surface area contributed by atoms with Crippen molar-refractivity contribution in [3.63, 3.8) is 0 Å². The summed E-state index contributed by atoms with van der Waals surface area (Å²) in [5, 5.41) is 3.19. The molecule has 0 atom stereocenters. The number of hydrogen-bond donors (Lipinski definition) is 1. The Balaban J connectivity index is 1.66. The molecule has 1 aliphatic heterocycles. The molecular formula is C24H21N3O2. The van der Waals surface area contributed by atoms with Crippen LogP contribution >= 0.6 is 0 Å². The van der Waals surface area contributed by atoms with E-state index in [0.717, 1.165) is 22.6 Å². The van der Waals surface area contributed by atoms with Crippen molar-refractivity contribution in [3.05, 3.63) is 102 Å². The van der Waals surface area contributed by atoms with Crippen molar-refractivity contribution < 1.29 is 9.53 Å². The molecule has 1 saturated heterocycles. The third-order valence-electron chi connectivity index (χ3n) is 4.59. The van der Waals surface area contributed by atoms with Crippen molar-refractivity contribution in [3.8, 4) is 5.75 Å². The van der Waals surface area contributed by atoms with E-state index in [4.69, 9.17) is 4.74 Å². The molecule has 0 radical (unpaired) electrons. The number of amides is 1. The van der Waals surface area contributed by atoms with Crippen LogP contribution in [0.25, 0.3) is 6.08 Å². The Morgan fingerprint density at radius 3 is 2.24 bits per heavy atom. The molecule has 1 aliphatic rings. The van der Waals surface area contributed by atoms with Crippen molar-refractivity contribution in [2.75, 3.05) is 12.0 Å². The van der Waals surface area contributed by atoms with Gasteiger partial charge in [0.15, 0.2) is 0 Å². The topological polar surface area (TPSA) is 53.9 Å². The highest BCUT2D eigenvalue weighted by atomic mass is 16.5. The summed E-state index contributed by atoms with van der Waals surface area (Å²) >= 11 is 0. The molecule has 4 rings (SSSR count). The Labute approximate surface area is 170 Å². The highest BCUT2D eigenvalue weighted by molar-refractivity contribution is 6.29. The van der Waals surface area contributed by atoms with E-state index >= 15 is 0 Å². The van der Waals surface area contributed by atoms with Gasteiger partial charge in [-0.2, -0.15) is 0 Å². The SMILES string of the molecule is COc1ccc(/C=C2\NC(=NCc3ccccc3)N(c3ccccc3)C2=O)cc1. The third-order valence-corrected chi connectivity index (χ3v) is 4.59. The lowest BCUT2D eigenvalue weighted by Crippen LogP contribution is -2.32. The number of hydrogen-bond acceptors (Lipinski definition) is 3. The molecule has 5 heteroatoms. The second kappa shape index (κ2) is 8.44. The predicted molar refractivity (Wildman–Crippen MR) is 116 cm³/mol. The fourth-order valence-corrected chi connectivity index (χ4v) is 3.09. The molecule has 5 nitrogen and oxygen atoms in total. The van der Waals surface area contributed by atoms with Gasteiger partial charge in [-0.3, -0.25) is 4.79 Å². The van der Waals surface area contributed by atoms with Crippen LogP contribution in [0.15, 0.2) is 95.6 Å².